The van der Waals surface area contributed by atoms with Crippen LogP contribution in [0.4, 0.5) is 34.1 Å². The second-order valence-corrected chi connectivity index (χ2v) is 15.1. The van der Waals surface area contributed by atoms with E-state index in [1.54, 1.807) is 0 Å². The highest BCUT2D eigenvalue weighted by Gasteiger charge is 2.35. The first kappa shape index (κ1) is 33.5. The van der Waals surface area contributed by atoms with Crippen molar-refractivity contribution in [1.29, 1.82) is 0 Å². The minimum Gasteiger partial charge on any atom is -0.311 e. The maximum Gasteiger partial charge on any atom is 0.0540 e. The highest BCUT2D eigenvalue weighted by Crippen LogP contribution is 2.51. The van der Waals surface area contributed by atoms with Crippen molar-refractivity contribution in [2.24, 2.45) is 0 Å². The molecule has 0 radical (unpaired) electrons. The molecule has 1 aliphatic rings. The summed E-state index contributed by atoms with van der Waals surface area (Å²) in [6.45, 7) is 4.70. The van der Waals surface area contributed by atoms with E-state index in [0.717, 1.165) is 39.8 Å². The summed E-state index contributed by atoms with van der Waals surface area (Å²) in [6, 6.07) is 76.7. The van der Waals surface area contributed by atoms with Gasteiger partial charge in [0.15, 0.2) is 0 Å². The lowest BCUT2D eigenvalue weighted by Crippen LogP contribution is -2.16. The zero-order chi connectivity index (χ0) is 37.6. The lowest BCUT2D eigenvalue weighted by atomic mass is 9.82. The van der Waals surface area contributed by atoms with Gasteiger partial charge in [-0.1, -0.05) is 129 Å². The Bertz CT molecular complexity index is 2760. The molecule has 56 heavy (non-hydrogen) atoms. The van der Waals surface area contributed by atoms with Crippen LogP contribution in [0.1, 0.15) is 25.0 Å². The smallest absolute Gasteiger partial charge is 0.0540 e. The van der Waals surface area contributed by atoms with Gasteiger partial charge in [0.2, 0.25) is 0 Å². The molecule has 0 saturated carbocycles. The number of anilines is 6. The third-order valence-electron chi connectivity index (χ3n) is 11.4. The normalized spacial score (nSPS) is 12.6. The molecule has 0 spiro atoms. The van der Waals surface area contributed by atoms with Gasteiger partial charge >= 0.3 is 0 Å². The molecule has 0 fully saturated rings. The fourth-order valence-electron chi connectivity index (χ4n) is 8.64. The largest absolute Gasteiger partial charge is 0.311 e. The Morgan fingerprint density at radius 1 is 0.375 bits per heavy atom. The number of hydrogen-bond acceptors (Lipinski definition) is 2. The first-order valence-electron chi connectivity index (χ1n) is 19.4. The zero-order valence-electron chi connectivity index (χ0n) is 31.5. The summed E-state index contributed by atoms with van der Waals surface area (Å²) < 4.78 is 2.38. The maximum atomic E-state index is 2.41. The minimum atomic E-state index is -0.115. The summed E-state index contributed by atoms with van der Waals surface area (Å²) in [6.07, 6.45) is 0. The third-order valence-corrected chi connectivity index (χ3v) is 11.4. The molecule has 0 unspecified atom stereocenters. The molecule has 0 N–H and O–H groups in total. The lowest BCUT2D eigenvalue weighted by molar-refractivity contribution is 0.660. The summed E-state index contributed by atoms with van der Waals surface area (Å²) in [4.78, 5) is 4.71. The van der Waals surface area contributed by atoms with Gasteiger partial charge < -0.3 is 14.4 Å². The number of hydrogen-bond donors (Lipinski definition) is 0. The molecule has 9 aromatic rings. The van der Waals surface area contributed by atoms with Crippen LogP contribution in [0, 0.1) is 0 Å². The molecule has 3 nitrogen and oxygen atoms in total. The molecular weight excluding hydrogens is 679 g/mol. The fraction of sp³-hybridized carbons (Fsp3) is 0.0566. The Labute approximate surface area is 329 Å². The topological polar surface area (TPSA) is 11.4 Å². The van der Waals surface area contributed by atoms with E-state index >= 15 is 0 Å². The summed E-state index contributed by atoms with van der Waals surface area (Å²) in [5.74, 6) is 0. The first-order chi connectivity index (χ1) is 27.5. The van der Waals surface area contributed by atoms with E-state index in [-0.39, 0.29) is 5.41 Å². The predicted molar refractivity (Wildman–Crippen MR) is 236 cm³/mol. The van der Waals surface area contributed by atoms with Crippen molar-refractivity contribution in [2.45, 2.75) is 19.3 Å². The molecule has 0 atom stereocenters. The Morgan fingerprint density at radius 2 is 0.839 bits per heavy atom. The number of rotatable bonds is 8. The second kappa shape index (κ2) is 13.6. The number of fused-ring (bicyclic) bond motifs is 4. The van der Waals surface area contributed by atoms with E-state index in [0.29, 0.717) is 0 Å². The van der Waals surface area contributed by atoms with Crippen LogP contribution in [0.25, 0.3) is 39.0 Å². The highest BCUT2D eigenvalue weighted by atomic mass is 15.2. The average molecular weight is 720 g/mol. The van der Waals surface area contributed by atoms with E-state index in [2.05, 4.69) is 241 Å². The number of benzene rings is 8. The van der Waals surface area contributed by atoms with Crippen molar-refractivity contribution in [2.75, 3.05) is 9.80 Å². The van der Waals surface area contributed by atoms with Gasteiger partial charge in [0.1, 0.15) is 0 Å². The lowest BCUT2D eigenvalue weighted by Gasteiger charge is -2.29. The second-order valence-electron chi connectivity index (χ2n) is 15.1. The van der Waals surface area contributed by atoms with Crippen molar-refractivity contribution in [3.8, 4) is 28.1 Å². The van der Waals surface area contributed by atoms with Crippen LogP contribution in [-0.4, -0.2) is 4.57 Å². The Kier molecular flexibility index (Phi) is 8.15. The van der Waals surface area contributed by atoms with Gasteiger partial charge in [-0.2, -0.15) is 0 Å². The van der Waals surface area contributed by atoms with Gasteiger partial charge in [-0.15, -0.1) is 0 Å². The van der Waals surface area contributed by atoms with E-state index in [9.17, 15) is 0 Å². The van der Waals surface area contributed by atoms with Gasteiger partial charge in [0.25, 0.3) is 0 Å². The van der Waals surface area contributed by atoms with Crippen molar-refractivity contribution in [3.63, 3.8) is 0 Å². The molecule has 1 aliphatic carbocycles. The third kappa shape index (κ3) is 5.68. The summed E-state index contributed by atoms with van der Waals surface area (Å²) in [5.41, 5.74) is 16.6. The van der Waals surface area contributed by atoms with Crippen LogP contribution in [0.5, 0.6) is 0 Å². The Hall–Kier alpha value is -7.10. The van der Waals surface area contributed by atoms with Crippen molar-refractivity contribution >= 4 is 45.0 Å². The van der Waals surface area contributed by atoms with Crippen molar-refractivity contribution < 1.29 is 0 Å². The van der Waals surface area contributed by atoms with E-state index in [1.165, 1.54) is 44.4 Å². The van der Waals surface area contributed by atoms with Crippen LogP contribution in [0.3, 0.4) is 0 Å². The Morgan fingerprint density at radius 3 is 1.48 bits per heavy atom. The van der Waals surface area contributed by atoms with E-state index in [4.69, 9.17) is 0 Å². The number of para-hydroxylation sites is 3. The van der Waals surface area contributed by atoms with Crippen molar-refractivity contribution in [3.05, 3.63) is 223 Å². The fourth-order valence-corrected chi connectivity index (χ4v) is 8.64. The quantitative estimate of drug-likeness (QED) is 0.155. The van der Waals surface area contributed by atoms with Gasteiger partial charge in [-0.05, 0) is 125 Å². The summed E-state index contributed by atoms with van der Waals surface area (Å²) >= 11 is 0. The first-order valence-corrected chi connectivity index (χ1v) is 19.4. The molecule has 0 saturated heterocycles. The number of nitrogens with zero attached hydrogens (tertiary/aromatic N) is 3. The molecule has 1 heterocycles. The standard InChI is InChI=1S/C53H41N3/c1-53(2)49-24-14-13-23-47(49)48-35-34-46(37-50(48)53)55(43-28-26-42(27-29-43)54(40-19-8-4-9-20-40)41-21-10-5-11-22-41)44-30-32-45(33-31-44)56-51-25-15-12-18-39(51)36-52(56)38-16-6-3-7-17-38/h3-37H,1-2H3. The SMILES string of the molecule is CC1(C)c2ccccc2-c2ccc(N(c3ccc(N(c4ccccc4)c4ccccc4)cc3)c3ccc(-n4c(-c5ccccc5)cc5ccccc54)cc3)cc21. The monoisotopic (exact) mass is 719 g/mol. The Balaban J connectivity index is 1.10. The molecule has 1 aromatic heterocycles. The summed E-state index contributed by atoms with van der Waals surface area (Å²) in [7, 11) is 0. The van der Waals surface area contributed by atoms with E-state index in [1.807, 2.05) is 0 Å². The van der Waals surface area contributed by atoms with Crippen LogP contribution >= 0.6 is 0 Å². The minimum absolute atomic E-state index is 0.115. The van der Waals surface area contributed by atoms with Gasteiger partial charge in [0, 0.05) is 50.6 Å². The van der Waals surface area contributed by atoms with E-state index < -0.39 is 0 Å². The number of aromatic nitrogens is 1. The molecule has 10 rings (SSSR count). The van der Waals surface area contributed by atoms with Gasteiger partial charge in [0.05, 0.1) is 11.2 Å². The van der Waals surface area contributed by atoms with Crippen LogP contribution < -0.4 is 9.80 Å². The molecule has 3 heteroatoms. The van der Waals surface area contributed by atoms with Crippen molar-refractivity contribution in [1.82, 2.24) is 4.57 Å². The average Bonchev–Trinajstić information content (AvgIpc) is 3.75. The molecular formula is C53H41N3. The molecule has 0 amide bonds. The van der Waals surface area contributed by atoms with Gasteiger partial charge in [-0.3, -0.25) is 0 Å². The predicted octanol–water partition coefficient (Wildman–Crippen LogP) is 14.5. The molecule has 8 aromatic carbocycles. The van der Waals surface area contributed by atoms with Crippen LogP contribution in [0.15, 0.2) is 212 Å². The van der Waals surface area contributed by atoms with Gasteiger partial charge in [-0.25, -0.2) is 0 Å². The van der Waals surface area contributed by atoms with Crippen LogP contribution in [0.2, 0.25) is 0 Å². The molecule has 0 aliphatic heterocycles. The zero-order valence-corrected chi connectivity index (χ0v) is 31.5. The molecule has 0 bridgehead atoms. The maximum absolute atomic E-state index is 2.41. The summed E-state index contributed by atoms with van der Waals surface area (Å²) in [5, 5.41) is 1.22. The van der Waals surface area contributed by atoms with Crippen LogP contribution in [-0.2, 0) is 5.41 Å². The molecule has 268 valence electrons. The highest BCUT2D eigenvalue weighted by molar-refractivity contribution is 5.90.